The van der Waals surface area contributed by atoms with Crippen molar-refractivity contribution in [3.63, 3.8) is 0 Å². The summed E-state index contributed by atoms with van der Waals surface area (Å²) in [5.41, 5.74) is 4.63. The number of benzene rings is 2. The lowest BCUT2D eigenvalue weighted by molar-refractivity contribution is -0.0629. The molecule has 8 heteroatoms. The summed E-state index contributed by atoms with van der Waals surface area (Å²) in [6.45, 7) is 4.44. The average molecular weight is 484 g/mol. The van der Waals surface area contributed by atoms with Crippen molar-refractivity contribution in [1.82, 2.24) is 14.8 Å². The van der Waals surface area contributed by atoms with Crippen molar-refractivity contribution in [1.29, 1.82) is 0 Å². The average Bonchev–Trinajstić information content (AvgIpc) is 3.31. The first kappa shape index (κ1) is 23.8. The van der Waals surface area contributed by atoms with Gasteiger partial charge >= 0.3 is 5.97 Å². The van der Waals surface area contributed by atoms with E-state index in [-0.39, 0.29) is 17.6 Å². The minimum Gasteiger partial charge on any atom is -0.496 e. The van der Waals surface area contributed by atoms with Crippen molar-refractivity contribution < 1.29 is 23.4 Å². The van der Waals surface area contributed by atoms with Crippen LogP contribution in [0.1, 0.15) is 45.9 Å². The van der Waals surface area contributed by atoms with Crippen LogP contribution >= 0.6 is 0 Å². The number of nitrogens with one attached hydrogen (secondary N) is 1. The number of carboxylic acids is 1. The molecule has 3 aromatic rings. The van der Waals surface area contributed by atoms with Gasteiger partial charge in [-0.25, -0.2) is 13.6 Å². The number of rotatable bonds is 7. The zero-order valence-electron chi connectivity index (χ0n) is 20.0. The Morgan fingerprint density at radius 1 is 1.23 bits per heavy atom. The number of aromatic amines is 1. The third-order valence-electron chi connectivity index (χ3n) is 7.73. The number of likely N-dealkylation sites (tertiary alicyclic amines) is 2. The molecular weight excluding hydrogens is 452 g/mol. The number of carbonyl (C=O) groups is 1. The Morgan fingerprint density at radius 3 is 2.63 bits per heavy atom. The molecule has 3 heterocycles. The summed E-state index contributed by atoms with van der Waals surface area (Å²) < 4.78 is 31.9. The minimum absolute atomic E-state index is 0.0437. The van der Waals surface area contributed by atoms with Crippen LogP contribution in [-0.2, 0) is 6.54 Å². The third-order valence-corrected chi connectivity index (χ3v) is 7.73. The van der Waals surface area contributed by atoms with Crippen LogP contribution in [0.2, 0.25) is 0 Å². The van der Waals surface area contributed by atoms with Gasteiger partial charge < -0.3 is 14.8 Å². The summed E-state index contributed by atoms with van der Waals surface area (Å²) in [7, 11) is 1.69. The van der Waals surface area contributed by atoms with Crippen molar-refractivity contribution in [2.75, 3.05) is 26.7 Å². The maximum Gasteiger partial charge on any atom is 0.335 e. The van der Waals surface area contributed by atoms with Crippen molar-refractivity contribution in [3.05, 3.63) is 64.8 Å². The largest absolute Gasteiger partial charge is 0.496 e. The predicted octanol–water partition coefficient (Wildman–Crippen LogP) is 5.09. The second kappa shape index (κ2) is 9.59. The Hall–Kier alpha value is -2.97. The number of H-pyrrole nitrogens is 1. The van der Waals surface area contributed by atoms with Crippen LogP contribution in [0.3, 0.4) is 0 Å². The number of aryl methyl sites for hydroxylation is 1. The Labute approximate surface area is 203 Å². The van der Waals surface area contributed by atoms with E-state index in [1.807, 2.05) is 18.3 Å². The lowest BCUT2D eigenvalue weighted by Crippen LogP contribution is -2.57. The highest BCUT2D eigenvalue weighted by molar-refractivity contribution is 5.88. The van der Waals surface area contributed by atoms with Gasteiger partial charge in [-0.05, 0) is 55.2 Å². The van der Waals surface area contributed by atoms with E-state index < -0.39 is 18.3 Å². The lowest BCUT2D eigenvalue weighted by Gasteiger charge is -2.49. The highest BCUT2D eigenvalue weighted by atomic mass is 19.3. The molecule has 0 amide bonds. The lowest BCUT2D eigenvalue weighted by atomic mass is 9.86. The fraction of sp³-hybridized carbons (Fsp3) is 0.444. The van der Waals surface area contributed by atoms with Gasteiger partial charge in [-0.3, -0.25) is 9.80 Å². The van der Waals surface area contributed by atoms with Gasteiger partial charge in [0.1, 0.15) is 5.75 Å². The molecule has 0 aliphatic carbocycles. The fourth-order valence-corrected chi connectivity index (χ4v) is 5.70. The molecule has 0 spiro atoms. The zero-order chi connectivity index (χ0) is 24.7. The molecule has 6 nitrogen and oxygen atoms in total. The first-order chi connectivity index (χ1) is 16.9. The summed E-state index contributed by atoms with van der Waals surface area (Å²) in [4.78, 5) is 19.3. The summed E-state index contributed by atoms with van der Waals surface area (Å²) in [6, 6.07) is 11.5. The molecule has 2 aliphatic heterocycles. The quantitative estimate of drug-likeness (QED) is 0.490. The Bertz CT molecular complexity index is 1200. The molecule has 1 aromatic heterocycles. The number of alkyl halides is 2. The summed E-state index contributed by atoms with van der Waals surface area (Å²) >= 11 is 0. The molecule has 2 aromatic carbocycles. The standard InChI is InChI=1S/C27H31F2N3O3/c1-16-11-24(35-2)22(21-7-9-30-25(16)21)15-31-10-8-20(32-13-19(14-32)26(28)29)12-23(31)17-3-5-18(6-4-17)27(33)34/h3-7,9,11,19-20,23,26,30H,8,10,12-15H2,1-2H3,(H,33,34)/t20-,23-/m1/s1. The van der Waals surface area contributed by atoms with E-state index in [0.29, 0.717) is 19.6 Å². The number of aromatic carboxylic acids is 1. The molecule has 2 saturated heterocycles. The van der Waals surface area contributed by atoms with Crippen molar-refractivity contribution in [2.45, 2.75) is 44.8 Å². The number of carboxylic acid groups (broad SMARTS) is 1. The summed E-state index contributed by atoms with van der Waals surface area (Å²) in [6.07, 6.45) is 1.40. The molecule has 2 fully saturated rings. The SMILES string of the molecule is COc1cc(C)c2[nH]ccc2c1CN1CC[C@@H](N2CC(C(F)F)C2)C[C@@H]1c1ccc(C(=O)O)cc1. The molecule has 0 bridgehead atoms. The fourth-order valence-electron chi connectivity index (χ4n) is 5.70. The molecular formula is C27H31F2N3O3. The van der Waals surface area contributed by atoms with E-state index in [4.69, 9.17) is 4.74 Å². The van der Waals surface area contributed by atoms with E-state index in [0.717, 1.165) is 52.7 Å². The van der Waals surface area contributed by atoms with Gasteiger partial charge in [-0.1, -0.05) is 12.1 Å². The van der Waals surface area contributed by atoms with Crippen LogP contribution in [0, 0.1) is 12.8 Å². The van der Waals surface area contributed by atoms with E-state index in [1.165, 1.54) is 0 Å². The number of hydrogen-bond acceptors (Lipinski definition) is 4. The number of halogens is 2. The molecule has 2 N–H and O–H groups in total. The van der Waals surface area contributed by atoms with Gasteiger partial charge in [0.2, 0.25) is 6.43 Å². The highest BCUT2D eigenvalue weighted by Gasteiger charge is 2.41. The predicted molar refractivity (Wildman–Crippen MR) is 130 cm³/mol. The maximum atomic E-state index is 13.1. The van der Waals surface area contributed by atoms with Crippen LogP contribution in [0.5, 0.6) is 5.75 Å². The molecule has 5 rings (SSSR count). The molecule has 35 heavy (non-hydrogen) atoms. The highest BCUT2D eigenvalue weighted by Crippen LogP contribution is 2.40. The Kier molecular flexibility index (Phi) is 6.51. The molecule has 2 aliphatic rings. The first-order valence-electron chi connectivity index (χ1n) is 12.1. The van der Waals surface area contributed by atoms with Gasteiger partial charge in [-0.2, -0.15) is 0 Å². The zero-order valence-corrected chi connectivity index (χ0v) is 20.0. The third kappa shape index (κ3) is 4.52. The second-order valence-corrected chi connectivity index (χ2v) is 9.78. The van der Waals surface area contributed by atoms with Crippen LogP contribution in [-0.4, -0.2) is 65.1 Å². The van der Waals surface area contributed by atoms with Gasteiger partial charge in [0.15, 0.2) is 0 Å². The minimum atomic E-state index is -2.26. The van der Waals surface area contributed by atoms with Crippen LogP contribution in [0.25, 0.3) is 10.9 Å². The topological polar surface area (TPSA) is 68.8 Å². The van der Waals surface area contributed by atoms with E-state index >= 15 is 0 Å². The number of hydrogen-bond donors (Lipinski definition) is 2. The normalized spacial score (nSPS) is 22.0. The Balaban J connectivity index is 1.44. The molecule has 2 atom stereocenters. The van der Waals surface area contributed by atoms with Crippen molar-refractivity contribution in [2.24, 2.45) is 5.92 Å². The summed E-state index contributed by atoms with van der Waals surface area (Å²) in [5, 5.41) is 10.5. The number of nitrogens with zero attached hydrogens (tertiary/aromatic N) is 2. The van der Waals surface area contributed by atoms with Crippen LogP contribution in [0.4, 0.5) is 8.78 Å². The second-order valence-electron chi connectivity index (χ2n) is 9.78. The number of methoxy groups -OCH3 is 1. The number of ether oxygens (including phenoxy) is 1. The van der Waals surface area contributed by atoms with Crippen LogP contribution < -0.4 is 4.74 Å². The maximum absolute atomic E-state index is 13.1. The monoisotopic (exact) mass is 483 g/mol. The number of fused-ring (bicyclic) bond motifs is 1. The summed E-state index contributed by atoms with van der Waals surface area (Å²) in [5.74, 6) is -0.632. The van der Waals surface area contributed by atoms with Gasteiger partial charge in [-0.15, -0.1) is 0 Å². The van der Waals surface area contributed by atoms with E-state index in [1.54, 1.807) is 19.2 Å². The van der Waals surface area contributed by atoms with Gasteiger partial charge in [0, 0.05) is 66.8 Å². The number of aromatic nitrogens is 1. The van der Waals surface area contributed by atoms with Gasteiger partial charge in [0.25, 0.3) is 0 Å². The first-order valence-corrected chi connectivity index (χ1v) is 12.1. The molecule has 186 valence electrons. The van der Waals surface area contributed by atoms with Gasteiger partial charge in [0.05, 0.1) is 12.7 Å². The molecule has 0 unspecified atom stereocenters. The van der Waals surface area contributed by atoms with Crippen LogP contribution in [0.15, 0.2) is 42.6 Å². The van der Waals surface area contributed by atoms with Crippen molar-refractivity contribution in [3.8, 4) is 5.75 Å². The molecule has 0 radical (unpaired) electrons. The number of piperidine rings is 1. The Morgan fingerprint density at radius 2 is 1.97 bits per heavy atom. The smallest absolute Gasteiger partial charge is 0.335 e. The van der Waals surface area contributed by atoms with E-state index in [2.05, 4.69) is 33.8 Å². The molecule has 0 saturated carbocycles. The van der Waals surface area contributed by atoms with E-state index in [9.17, 15) is 18.7 Å². The van der Waals surface area contributed by atoms with Crippen molar-refractivity contribution >= 4 is 16.9 Å².